The van der Waals surface area contributed by atoms with Crippen LogP contribution >= 0.6 is 0 Å². The highest BCUT2D eigenvalue weighted by atomic mass is 16.5. The van der Waals surface area contributed by atoms with Crippen LogP contribution in [0.1, 0.15) is 52.9 Å². The summed E-state index contributed by atoms with van der Waals surface area (Å²) < 4.78 is 19.0. The standard InChI is InChI=1S/C29H26N2O10/c1-38-26(34)17-10-12-19(28(36)40-3)21(14-17)30-24(32)23(16-8-6-5-7-9-16)25(33)31-22-15-18(27(35)39-2)11-13-20(22)29(37)41-4/h5-15,23H,1-4H3,(H,30,32)(H,31,33). The van der Waals surface area contributed by atoms with Gasteiger partial charge < -0.3 is 29.6 Å². The first-order valence-corrected chi connectivity index (χ1v) is 11.9. The fourth-order valence-corrected chi connectivity index (χ4v) is 3.84. The van der Waals surface area contributed by atoms with Crippen molar-refractivity contribution in [3.05, 3.63) is 94.5 Å². The number of benzene rings is 3. The third-order valence-corrected chi connectivity index (χ3v) is 5.86. The van der Waals surface area contributed by atoms with Crippen molar-refractivity contribution >= 4 is 47.1 Å². The van der Waals surface area contributed by atoms with Crippen LogP contribution in [0, 0.1) is 0 Å². The molecule has 0 unspecified atom stereocenters. The van der Waals surface area contributed by atoms with E-state index >= 15 is 0 Å². The monoisotopic (exact) mass is 562 g/mol. The highest BCUT2D eigenvalue weighted by Crippen LogP contribution is 2.26. The average molecular weight is 563 g/mol. The summed E-state index contributed by atoms with van der Waals surface area (Å²) in [6.45, 7) is 0. The van der Waals surface area contributed by atoms with Gasteiger partial charge in [-0.2, -0.15) is 0 Å². The topological polar surface area (TPSA) is 163 Å². The average Bonchev–Trinajstić information content (AvgIpc) is 2.99. The maximum Gasteiger partial charge on any atom is 0.339 e. The molecule has 3 aromatic carbocycles. The SMILES string of the molecule is COC(=O)c1ccc(C(=O)OC)c(NC(=O)C(C(=O)Nc2cc(C(=O)OC)ccc2C(=O)OC)c2ccccc2)c1. The molecular weight excluding hydrogens is 536 g/mol. The van der Waals surface area contributed by atoms with Crippen molar-refractivity contribution in [1.29, 1.82) is 0 Å². The molecule has 0 aliphatic carbocycles. The Morgan fingerprint density at radius 2 is 0.927 bits per heavy atom. The first-order valence-electron chi connectivity index (χ1n) is 11.9. The summed E-state index contributed by atoms with van der Waals surface area (Å²) in [5, 5.41) is 5.05. The molecule has 0 atom stereocenters. The van der Waals surface area contributed by atoms with Crippen LogP contribution in [0.25, 0.3) is 0 Å². The van der Waals surface area contributed by atoms with Crippen molar-refractivity contribution < 1.29 is 47.7 Å². The van der Waals surface area contributed by atoms with Gasteiger partial charge in [-0.25, -0.2) is 19.2 Å². The van der Waals surface area contributed by atoms with E-state index in [2.05, 4.69) is 10.6 Å². The van der Waals surface area contributed by atoms with E-state index in [0.29, 0.717) is 0 Å². The molecule has 0 bridgehead atoms. The van der Waals surface area contributed by atoms with Crippen LogP contribution in [0.4, 0.5) is 11.4 Å². The number of rotatable bonds is 9. The summed E-state index contributed by atoms with van der Waals surface area (Å²) in [6, 6.07) is 15.6. The van der Waals surface area contributed by atoms with Crippen molar-refractivity contribution in [3.8, 4) is 0 Å². The molecule has 0 aliphatic heterocycles. The summed E-state index contributed by atoms with van der Waals surface area (Å²) in [5.41, 5.74) is -0.0752. The predicted molar refractivity (Wildman–Crippen MR) is 145 cm³/mol. The fourth-order valence-electron chi connectivity index (χ4n) is 3.84. The Morgan fingerprint density at radius 3 is 1.29 bits per heavy atom. The number of anilines is 2. The van der Waals surface area contributed by atoms with E-state index in [1.807, 2.05) is 0 Å². The number of nitrogens with one attached hydrogen (secondary N) is 2. The van der Waals surface area contributed by atoms with Crippen molar-refractivity contribution in [3.63, 3.8) is 0 Å². The quantitative estimate of drug-likeness (QED) is 0.225. The number of methoxy groups -OCH3 is 4. The maximum atomic E-state index is 13.6. The molecule has 0 fully saturated rings. The van der Waals surface area contributed by atoms with Crippen molar-refractivity contribution in [2.24, 2.45) is 0 Å². The molecule has 0 aromatic heterocycles. The molecular formula is C29H26N2O10. The smallest absolute Gasteiger partial charge is 0.339 e. The number of hydrogen-bond acceptors (Lipinski definition) is 10. The van der Waals surface area contributed by atoms with Gasteiger partial charge in [-0.05, 0) is 42.0 Å². The Bertz CT molecular complexity index is 1410. The summed E-state index contributed by atoms with van der Waals surface area (Å²) in [6.07, 6.45) is 0. The minimum Gasteiger partial charge on any atom is -0.465 e. The number of carbonyl (C=O) groups is 6. The van der Waals surface area contributed by atoms with Crippen LogP contribution in [0.2, 0.25) is 0 Å². The molecule has 0 aliphatic rings. The zero-order valence-electron chi connectivity index (χ0n) is 22.5. The molecule has 2 amide bonds. The van der Waals surface area contributed by atoms with Gasteiger partial charge in [0.25, 0.3) is 0 Å². The van der Waals surface area contributed by atoms with E-state index < -0.39 is 41.6 Å². The zero-order valence-corrected chi connectivity index (χ0v) is 22.5. The van der Waals surface area contributed by atoms with E-state index in [0.717, 1.165) is 14.2 Å². The van der Waals surface area contributed by atoms with Gasteiger partial charge in [0.15, 0.2) is 0 Å². The molecule has 12 heteroatoms. The first-order chi connectivity index (χ1) is 19.6. The van der Waals surface area contributed by atoms with E-state index in [4.69, 9.17) is 18.9 Å². The second-order valence-electron chi connectivity index (χ2n) is 8.31. The molecule has 0 saturated heterocycles. The molecule has 0 heterocycles. The summed E-state index contributed by atoms with van der Waals surface area (Å²) in [7, 11) is 4.62. The molecule has 0 saturated carbocycles. The van der Waals surface area contributed by atoms with E-state index in [9.17, 15) is 28.8 Å². The van der Waals surface area contributed by atoms with Gasteiger partial charge in [0, 0.05) is 0 Å². The Morgan fingerprint density at radius 1 is 0.537 bits per heavy atom. The highest BCUT2D eigenvalue weighted by Gasteiger charge is 2.31. The Labute approximate surface area is 234 Å². The largest absolute Gasteiger partial charge is 0.465 e. The van der Waals surface area contributed by atoms with Crippen LogP contribution in [0.15, 0.2) is 66.7 Å². The van der Waals surface area contributed by atoms with Crippen LogP contribution in [-0.2, 0) is 28.5 Å². The zero-order chi connectivity index (χ0) is 30.1. The number of esters is 4. The highest BCUT2D eigenvalue weighted by molar-refractivity contribution is 6.17. The minimum atomic E-state index is -1.53. The summed E-state index contributed by atoms with van der Waals surface area (Å²) in [5.74, 6) is -6.37. The van der Waals surface area contributed by atoms with Gasteiger partial charge in [0.1, 0.15) is 5.92 Å². The first kappa shape index (κ1) is 30.0. The Hall–Kier alpha value is -5.52. The van der Waals surface area contributed by atoms with E-state index in [1.54, 1.807) is 18.2 Å². The molecule has 41 heavy (non-hydrogen) atoms. The summed E-state index contributed by atoms with van der Waals surface area (Å²) in [4.78, 5) is 76.2. The van der Waals surface area contributed by atoms with Gasteiger partial charge in [-0.1, -0.05) is 30.3 Å². The fraction of sp³-hybridized carbons (Fsp3) is 0.172. The molecule has 2 N–H and O–H groups in total. The van der Waals surface area contributed by atoms with Gasteiger partial charge >= 0.3 is 23.9 Å². The normalized spacial score (nSPS) is 10.3. The predicted octanol–water partition coefficient (Wildman–Crippen LogP) is 3.19. The van der Waals surface area contributed by atoms with Crippen LogP contribution in [0.5, 0.6) is 0 Å². The molecule has 212 valence electrons. The van der Waals surface area contributed by atoms with Crippen LogP contribution in [-0.4, -0.2) is 64.1 Å². The maximum absolute atomic E-state index is 13.6. The Kier molecular flexibility index (Phi) is 9.90. The third-order valence-electron chi connectivity index (χ3n) is 5.86. The van der Waals surface area contributed by atoms with Gasteiger partial charge in [0.05, 0.1) is 62.1 Å². The number of ether oxygens (including phenoxy) is 4. The van der Waals surface area contributed by atoms with Crippen molar-refractivity contribution in [2.45, 2.75) is 5.92 Å². The molecule has 0 radical (unpaired) electrons. The second kappa shape index (κ2) is 13.5. The molecule has 3 rings (SSSR count). The molecule has 12 nitrogen and oxygen atoms in total. The van der Waals surface area contributed by atoms with Crippen LogP contribution in [0.3, 0.4) is 0 Å². The minimum absolute atomic E-state index is 0.0264. The van der Waals surface area contributed by atoms with E-state index in [1.165, 1.54) is 62.8 Å². The molecule has 3 aromatic rings. The molecule has 0 spiro atoms. The Balaban J connectivity index is 2.06. The van der Waals surface area contributed by atoms with Crippen LogP contribution < -0.4 is 10.6 Å². The lowest BCUT2D eigenvalue weighted by Gasteiger charge is -2.19. The number of hydrogen-bond donors (Lipinski definition) is 2. The summed E-state index contributed by atoms with van der Waals surface area (Å²) >= 11 is 0. The lowest BCUT2D eigenvalue weighted by atomic mass is 9.96. The number of amides is 2. The van der Waals surface area contributed by atoms with Gasteiger partial charge in [0.2, 0.25) is 11.8 Å². The second-order valence-corrected chi connectivity index (χ2v) is 8.31. The van der Waals surface area contributed by atoms with Crippen molar-refractivity contribution in [1.82, 2.24) is 0 Å². The lowest BCUT2D eigenvalue weighted by molar-refractivity contribution is -0.126. The van der Waals surface area contributed by atoms with Gasteiger partial charge in [-0.15, -0.1) is 0 Å². The van der Waals surface area contributed by atoms with Gasteiger partial charge in [-0.3, -0.25) is 9.59 Å². The number of carbonyl (C=O) groups excluding carboxylic acids is 6. The lowest BCUT2D eigenvalue weighted by Crippen LogP contribution is -2.33. The third kappa shape index (κ3) is 6.92. The van der Waals surface area contributed by atoms with Crippen molar-refractivity contribution in [2.75, 3.05) is 39.1 Å². The van der Waals surface area contributed by atoms with E-state index in [-0.39, 0.29) is 39.2 Å².